The molecule has 1 aromatic carbocycles. The molecule has 1 fully saturated rings. The molecule has 0 aliphatic heterocycles. The second-order valence-corrected chi connectivity index (χ2v) is 5.46. The molecule has 2 rings (SSSR count). The SMILES string of the molecule is CC1CCCC1CNC(=O)Cc1ccc(C#N)cc1. The molecule has 0 heterocycles. The number of hydrogen-bond acceptors (Lipinski definition) is 2. The van der Waals surface area contributed by atoms with Gasteiger partial charge in [-0.25, -0.2) is 0 Å². The van der Waals surface area contributed by atoms with Crippen LogP contribution in [0.5, 0.6) is 0 Å². The highest BCUT2D eigenvalue weighted by Crippen LogP contribution is 2.30. The van der Waals surface area contributed by atoms with Gasteiger partial charge in [-0.15, -0.1) is 0 Å². The van der Waals surface area contributed by atoms with E-state index in [9.17, 15) is 4.79 Å². The normalized spacial score (nSPS) is 21.9. The molecule has 0 saturated heterocycles. The topological polar surface area (TPSA) is 52.9 Å². The van der Waals surface area contributed by atoms with Gasteiger partial charge in [-0.05, 0) is 36.0 Å². The van der Waals surface area contributed by atoms with E-state index in [0.29, 0.717) is 17.9 Å². The van der Waals surface area contributed by atoms with E-state index in [1.165, 1.54) is 19.3 Å². The molecule has 1 saturated carbocycles. The zero-order chi connectivity index (χ0) is 13.7. The summed E-state index contributed by atoms with van der Waals surface area (Å²) in [5.74, 6) is 1.45. The van der Waals surface area contributed by atoms with Crippen LogP contribution in [0.15, 0.2) is 24.3 Å². The second kappa shape index (κ2) is 6.38. The molecule has 19 heavy (non-hydrogen) atoms. The van der Waals surface area contributed by atoms with Crippen molar-refractivity contribution in [3.05, 3.63) is 35.4 Å². The van der Waals surface area contributed by atoms with E-state index in [4.69, 9.17) is 5.26 Å². The van der Waals surface area contributed by atoms with Crippen molar-refractivity contribution in [1.82, 2.24) is 5.32 Å². The van der Waals surface area contributed by atoms with Gasteiger partial charge in [-0.2, -0.15) is 5.26 Å². The predicted octanol–water partition coefficient (Wildman–Crippen LogP) is 2.65. The van der Waals surface area contributed by atoms with Gasteiger partial charge >= 0.3 is 0 Å². The van der Waals surface area contributed by atoms with Crippen molar-refractivity contribution in [3.63, 3.8) is 0 Å². The minimum absolute atomic E-state index is 0.0730. The molecule has 0 spiro atoms. The molecule has 2 unspecified atom stereocenters. The lowest BCUT2D eigenvalue weighted by Crippen LogP contribution is -2.31. The van der Waals surface area contributed by atoms with Crippen molar-refractivity contribution < 1.29 is 4.79 Å². The van der Waals surface area contributed by atoms with Gasteiger partial charge in [0.15, 0.2) is 0 Å². The summed E-state index contributed by atoms with van der Waals surface area (Å²) >= 11 is 0. The van der Waals surface area contributed by atoms with Gasteiger partial charge in [0, 0.05) is 6.54 Å². The average Bonchev–Trinajstić information content (AvgIpc) is 2.83. The first-order chi connectivity index (χ1) is 9.19. The number of nitrogens with one attached hydrogen (secondary N) is 1. The Labute approximate surface area is 114 Å². The highest BCUT2D eigenvalue weighted by atomic mass is 16.1. The van der Waals surface area contributed by atoms with Gasteiger partial charge in [0.2, 0.25) is 5.91 Å². The molecule has 1 N–H and O–H groups in total. The Morgan fingerprint density at radius 1 is 1.37 bits per heavy atom. The number of carbonyl (C=O) groups is 1. The Hall–Kier alpha value is -1.82. The van der Waals surface area contributed by atoms with Crippen molar-refractivity contribution in [3.8, 4) is 6.07 Å². The van der Waals surface area contributed by atoms with E-state index in [0.717, 1.165) is 18.0 Å². The van der Waals surface area contributed by atoms with Crippen LogP contribution >= 0.6 is 0 Å². The van der Waals surface area contributed by atoms with Crippen molar-refractivity contribution in [2.24, 2.45) is 11.8 Å². The lowest BCUT2D eigenvalue weighted by molar-refractivity contribution is -0.120. The van der Waals surface area contributed by atoms with E-state index in [1.807, 2.05) is 12.1 Å². The Kier molecular flexibility index (Phi) is 4.57. The van der Waals surface area contributed by atoms with Gasteiger partial charge in [0.05, 0.1) is 18.1 Å². The zero-order valence-electron chi connectivity index (χ0n) is 11.4. The summed E-state index contributed by atoms with van der Waals surface area (Å²) in [7, 11) is 0. The molecule has 1 amide bonds. The third kappa shape index (κ3) is 3.82. The molecule has 1 aliphatic carbocycles. The first-order valence-corrected chi connectivity index (χ1v) is 6.95. The average molecular weight is 256 g/mol. The number of nitriles is 1. The number of carbonyl (C=O) groups excluding carboxylic acids is 1. The number of hydrogen-bond donors (Lipinski definition) is 1. The van der Waals surface area contributed by atoms with Crippen LogP contribution in [-0.2, 0) is 11.2 Å². The standard InChI is InChI=1S/C16H20N2O/c1-12-3-2-4-15(12)11-18-16(19)9-13-5-7-14(10-17)8-6-13/h5-8,12,15H,2-4,9,11H2,1H3,(H,18,19). The molecule has 3 nitrogen and oxygen atoms in total. The number of nitrogens with zero attached hydrogens (tertiary/aromatic N) is 1. The van der Waals surface area contributed by atoms with Crippen LogP contribution in [0.2, 0.25) is 0 Å². The highest BCUT2D eigenvalue weighted by Gasteiger charge is 2.23. The summed E-state index contributed by atoms with van der Waals surface area (Å²) in [5.41, 5.74) is 1.58. The summed E-state index contributed by atoms with van der Waals surface area (Å²) in [6, 6.07) is 9.26. The van der Waals surface area contributed by atoms with Gasteiger partial charge < -0.3 is 5.32 Å². The molecule has 2 atom stereocenters. The van der Waals surface area contributed by atoms with E-state index >= 15 is 0 Å². The van der Waals surface area contributed by atoms with Crippen molar-refractivity contribution >= 4 is 5.91 Å². The Morgan fingerprint density at radius 2 is 2.11 bits per heavy atom. The van der Waals surface area contributed by atoms with E-state index < -0.39 is 0 Å². The summed E-state index contributed by atoms with van der Waals surface area (Å²) in [5, 5.41) is 11.7. The van der Waals surface area contributed by atoms with E-state index in [-0.39, 0.29) is 5.91 Å². The molecular formula is C16H20N2O. The molecule has 1 aliphatic rings. The Bertz CT molecular complexity index is 473. The van der Waals surface area contributed by atoms with E-state index in [2.05, 4.69) is 18.3 Å². The summed E-state index contributed by atoms with van der Waals surface area (Å²) < 4.78 is 0. The van der Waals surface area contributed by atoms with Gasteiger partial charge in [0.1, 0.15) is 0 Å². The molecule has 0 aromatic heterocycles. The van der Waals surface area contributed by atoms with Gasteiger partial charge in [0.25, 0.3) is 0 Å². The number of rotatable bonds is 4. The summed E-state index contributed by atoms with van der Waals surface area (Å²) in [4.78, 5) is 11.9. The first kappa shape index (κ1) is 13.6. The molecule has 0 radical (unpaired) electrons. The van der Waals surface area contributed by atoms with Crippen molar-refractivity contribution in [2.45, 2.75) is 32.6 Å². The number of amides is 1. The summed E-state index contributed by atoms with van der Waals surface area (Å²) in [6.07, 6.45) is 4.21. The van der Waals surface area contributed by atoms with Crippen LogP contribution < -0.4 is 5.32 Å². The molecule has 1 aromatic rings. The van der Waals surface area contributed by atoms with Crippen LogP contribution in [-0.4, -0.2) is 12.5 Å². The van der Waals surface area contributed by atoms with Crippen molar-refractivity contribution in [1.29, 1.82) is 5.26 Å². The molecule has 100 valence electrons. The fourth-order valence-corrected chi connectivity index (χ4v) is 2.72. The monoisotopic (exact) mass is 256 g/mol. The molecule has 0 bridgehead atoms. The minimum atomic E-state index is 0.0730. The first-order valence-electron chi connectivity index (χ1n) is 6.95. The lowest BCUT2D eigenvalue weighted by Gasteiger charge is -2.15. The quantitative estimate of drug-likeness (QED) is 0.900. The second-order valence-electron chi connectivity index (χ2n) is 5.46. The van der Waals surface area contributed by atoms with Crippen molar-refractivity contribution in [2.75, 3.05) is 6.54 Å². The Balaban J connectivity index is 1.79. The fourth-order valence-electron chi connectivity index (χ4n) is 2.72. The van der Waals surface area contributed by atoms with Crippen LogP contribution in [0.1, 0.15) is 37.3 Å². The number of benzene rings is 1. The molecular weight excluding hydrogens is 236 g/mol. The maximum atomic E-state index is 11.9. The highest BCUT2D eigenvalue weighted by molar-refractivity contribution is 5.78. The Morgan fingerprint density at radius 3 is 2.68 bits per heavy atom. The smallest absolute Gasteiger partial charge is 0.224 e. The van der Waals surface area contributed by atoms with Gasteiger partial charge in [-0.3, -0.25) is 4.79 Å². The minimum Gasteiger partial charge on any atom is -0.356 e. The maximum absolute atomic E-state index is 11.9. The van der Waals surface area contributed by atoms with Crippen LogP contribution in [0.25, 0.3) is 0 Å². The zero-order valence-corrected chi connectivity index (χ0v) is 11.4. The largest absolute Gasteiger partial charge is 0.356 e. The predicted molar refractivity (Wildman–Crippen MR) is 74.4 cm³/mol. The van der Waals surface area contributed by atoms with Crippen LogP contribution in [0.3, 0.4) is 0 Å². The lowest BCUT2D eigenvalue weighted by atomic mass is 9.98. The molecule has 3 heteroatoms. The van der Waals surface area contributed by atoms with Gasteiger partial charge in [-0.1, -0.05) is 31.9 Å². The maximum Gasteiger partial charge on any atom is 0.224 e. The summed E-state index contributed by atoms with van der Waals surface area (Å²) in [6.45, 7) is 3.07. The van der Waals surface area contributed by atoms with Crippen LogP contribution in [0, 0.1) is 23.2 Å². The van der Waals surface area contributed by atoms with Crippen LogP contribution in [0.4, 0.5) is 0 Å². The fraction of sp³-hybridized carbons (Fsp3) is 0.500. The van der Waals surface area contributed by atoms with E-state index in [1.54, 1.807) is 12.1 Å². The third-order valence-electron chi connectivity index (χ3n) is 4.05. The third-order valence-corrected chi connectivity index (χ3v) is 4.05.